The molecule has 0 amide bonds. The molecule has 1 fully saturated rings. The Morgan fingerprint density at radius 2 is 2.18 bits per heavy atom. The molecule has 96 valence electrons. The van der Waals surface area contributed by atoms with Crippen molar-refractivity contribution in [2.75, 3.05) is 7.05 Å². The average molecular weight is 237 g/mol. The summed E-state index contributed by atoms with van der Waals surface area (Å²) in [5, 5.41) is 7.43. The second-order valence-electron chi connectivity index (χ2n) is 5.00. The quantitative estimate of drug-likeness (QED) is 0.854. The Balaban J connectivity index is 1.93. The van der Waals surface area contributed by atoms with Crippen molar-refractivity contribution in [2.24, 2.45) is 5.92 Å². The van der Waals surface area contributed by atoms with Crippen LogP contribution in [-0.2, 0) is 12.8 Å². The lowest BCUT2D eigenvalue weighted by atomic mass is 9.82. The van der Waals surface area contributed by atoms with E-state index in [-0.39, 0.29) is 0 Å². The van der Waals surface area contributed by atoms with Crippen LogP contribution in [0.15, 0.2) is 4.52 Å². The van der Waals surface area contributed by atoms with Crippen LogP contribution in [0.2, 0.25) is 0 Å². The minimum Gasteiger partial charge on any atom is -0.339 e. The van der Waals surface area contributed by atoms with Gasteiger partial charge in [-0.2, -0.15) is 4.98 Å². The number of hydrogen-bond acceptors (Lipinski definition) is 4. The molecule has 1 heterocycles. The van der Waals surface area contributed by atoms with Crippen molar-refractivity contribution in [1.82, 2.24) is 15.5 Å². The minimum atomic E-state index is 0.616. The van der Waals surface area contributed by atoms with E-state index in [1.54, 1.807) is 0 Å². The van der Waals surface area contributed by atoms with Crippen molar-refractivity contribution in [2.45, 2.75) is 57.9 Å². The molecule has 1 saturated carbocycles. The first-order valence-corrected chi connectivity index (χ1v) is 6.82. The second-order valence-corrected chi connectivity index (χ2v) is 5.00. The van der Waals surface area contributed by atoms with Gasteiger partial charge in [-0.3, -0.25) is 0 Å². The first kappa shape index (κ1) is 12.6. The largest absolute Gasteiger partial charge is 0.339 e. The van der Waals surface area contributed by atoms with Crippen LogP contribution in [0.5, 0.6) is 0 Å². The van der Waals surface area contributed by atoms with Gasteiger partial charge in [-0.15, -0.1) is 0 Å². The molecule has 4 heteroatoms. The Labute approximate surface area is 103 Å². The summed E-state index contributed by atoms with van der Waals surface area (Å²) in [7, 11) is 2.05. The summed E-state index contributed by atoms with van der Waals surface area (Å²) in [6.45, 7) is 2.13. The molecule has 2 atom stereocenters. The molecule has 1 aliphatic rings. The highest BCUT2D eigenvalue weighted by molar-refractivity contribution is 4.91. The lowest BCUT2D eigenvalue weighted by Crippen LogP contribution is -2.37. The molecule has 4 nitrogen and oxygen atoms in total. The van der Waals surface area contributed by atoms with Crippen molar-refractivity contribution < 1.29 is 4.52 Å². The molecule has 0 radical (unpaired) electrons. The van der Waals surface area contributed by atoms with Crippen LogP contribution in [-0.4, -0.2) is 23.2 Å². The summed E-state index contributed by atoms with van der Waals surface area (Å²) in [6.07, 6.45) is 8.15. The Morgan fingerprint density at radius 3 is 2.94 bits per heavy atom. The zero-order chi connectivity index (χ0) is 12.1. The predicted molar refractivity (Wildman–Crippen MR) is 66.8 cm³/mol. The molecule has 0 saturated heterocycles. The van der Waals surface area contributed by atoms with Gasteiger partial charge in [0.1, 0.15) is 0 Å². The summed E-state index contributed by atoms with van der Waals surface area (Å²) in [6, 6.07) is 0.616. The van der Waals surface area contributed by atoms with Crippen LogP contribution < -0.4 is 5.32 Å². The lowest BCUT2D eigenvalue weighted by Gasteiger charge is -2.30. The fraction of sp³-hybridized carbons (Fsp3) is 0.846. The van der Waals surface area contributed by atoms with E-state index in [0.717, 1.165) is 31.0 Å². The van der Waals surface area contributed by atoms with E-state index in [1.807, 2.05) is 0 Å². The molecular weight excluding hydrogens is 214 g/mol. The van der Waals surface area contributed by atoms with E-state index in [1.165, 1.54) is 25.7 Å². The zero-order valence-electron chi connectivity index (χ0n) is 10.9. The maximum atomic E-state index is 5.32. The Morgan fingerprint density at radius 1 is 1.35 bits per heavy atom. The number of rotatable bonds is 5. The van der Waals surface area contributed by atoms with Gasteiger partial charge < -0.3 is 9.84 Å². The number of nitrogens with one attached hydrogen (secondary N) is 1. The second kappa shape index (κ2) is 6.15. The summed E-state index contributed by atoms with van der Waals surface area (Å²) in [4.78, 5) is 4.46. The molecule has 1 aromatic rings. The van der Waals surface area contributed by atoms with Gasteiger partial charge in [0.05, 0.1) is 0 Å². The fourth-order valence-electron chi connectivity index (χ4n) is 2.75. The Bertz CT molecular complexity index is 337. The zero-order valence-corrected chi connectivity index (χ0v) is 10.9. The van der Waals surface area contributed by atoms with E-state index in [9.17, 15) is 0 Å². The Kier molecular flexibility index (Phi) is 4.54. The van der Waals surface area contributed by atoms with Gasteiger partial charge in [-0.25, -0.2) is 0 Å². The van der Waals surface area contributed by atoms with E-state index in [0.29, 0.717) is 12.0 Å². The van der Waals surface area contributed by atoms with E-state index in [2.05, 4.69) is 29.4 Å². The normalized spacial score (nSPS) is 25.1. The number of aryl methyl sites for hydroxylation is 1. The molecule has 17 heavy (non-hydrogen) atoms. The van der Waals surface area contributed by atoms with Gasteiger partial charge in [0.2, 0.25) is 5.89 Å². The molecule has 0 aliphatic heterocycles. The highest BCUT2D eigenvalue weighted by atomic mass is 16.5. The van der Waals surface area contributed by atoms with E-state index >= 15 is 0 Å². The molecule has 0 bridgehead atoms. The number of nitrogens with zero attached hydrogens (tertiary/aromatic N) is 2. The first-order chi connectivity index (χ1) is 8.33. The number of aromatic nitrogens is 2. The van der Waals surface area contributed by atoms with Crippen LogP contribution in [0.1, 0.15) is 50.7 Å². The predicted octanol–water partition coefficient (Wildman–Crippen LogP) is 2.34. The summed E-state index contributed by atoms with van der Waals surface area (Å²) in [5.74, 6) is 2.34. The molecule has 2 unspecified atom stereocenters. The number of hydrogen-bond donors (Lipinski definition) is 1. The maximum Gasteiger partial charge on any atom is 0.226 e. The molecule has 0 spiro atoms. The van der Waals surface area contributed by atoms with E-state index < -0.39 is 0 Å². The van der Waals surface area contributed by atoms with Crippen molar-refractivity contribution in [3.8, 4) is 0 Å². The molecule has 1 N–H and O–H groups in total. The van der Waals surface area contributed by atoms with Gasteiger partial charge in [0.15, 0.2) is 5.82 Å². The third kappa shape index (κ3) is 3.28. The van der Waals surface area contributed by atoms with Gasteiger partial charge in [0.25, 0.3) is 0 Å². The van der Waals surface area contributed by atoms with Crippen molar-refractivity contribution in [3.05, 3.63) is 11.7 Å². The van der Waals surface area contributed by atoms with Crippen LogP contribution >= 0.6 is 0 Å². The smallest absolute Gasteiger partial charge is 0.226 e. The summed E-state index contributed by atoms with van der Waals surface area (Å²) < 4.78 is 5.32. The third-order valence-corrected chi connectivity index (χ3v) is 3.70. The monoisotopic (exact) mass is 237 g/mol. The highest BCUT2D eigenvalue weighted by Crippen LogP contribution is 2.26. The fourth-order valence-corrected chi connectivity index (χ4v) is 2.75. The molecule has 1 aromatic heterocycles. The average Bonchev–Trinajstić information content (AvgIpc) is 2.78. The van der Waals surface area contributed by atoms with Crippen molar-refractivity contribution >= 4 is 0 Å². The Hall–Kier alpha value is -0.900. The first-order valence-electron chi connectivity index (χ1n) is 6.82. The summed E-state index contributed by atoms with van der Waals surface area (Å²) >= 11 is 0. The van der Waals surface area contributed by atoms with Crippen LogP contribution in [0.25, 0.3) is 0 Å². The van der Waals surface area contributed by atoms with Crippen LogP contribution in [0.4, 0.5) is 0 Å². The lowest BCUT2D eigenvalue weighted by molar-refractivity contribution is 0.248. The van der Waals surface area contributed by atoms with Gasteiger partial charge in [0, 0.05) is 18.9 Å². The molecule has 2 rings (SSSR count). The maximum absolute atomic E-state index is 5.32. The van der Waals surface area contributed by atoms with Gasteiger partial charge >= 0.3 is 0 Å². The molecule has 0 aromatic carbocycles. The topological polar surface area (TPSA) is 51.0 Å². The van der Waals surface area contributed by atoms with Crippen molar-refractivity contribution in [3.63, 3.8) is 0 Å². The van der Waals surface area contributed by atoms with Crippen LogP contribution in [0.3, 0.4) is 0 Å². The SMILES string of the molecule is CCCc1noc(CC2CCCCC2NC)n1. The van der Waals surface area contributed by atoms with Gasteiger partial charge in [-0.05, 0) is 32.2 Å². The van der Waals surface area contributed by atoms with Crippen molar-refractivity contribution in [1.29, 1.82) is 0 Å². The summed E-state index contributed by atoms with van der Waals surface area (Å²) in [5.41, 5.74) is 0. The molecule has 1 aliphatic carbocycles. The highest BCUT2D eigenvalue weighted by Gasteiger charge is 2.25. The van der Waals surface area contributed by atoms with Gasteiger partial charge in [-0.1, -0.05) is 24.9 Å². The standard InChI is InChI=1S/C13H23N3O/c1-3-6-12-15-13(17-16-12)9-10-7-4-5-8-11(10)14-2/h10-11,14H,3-9H2,1-2H3. The van der Waals surface area contributed by atoms with Crippen LogP contribution in [0, 0.1) is 5.92 Å². The molecular formula is C13H23N3O. The van der Waals surface area contributed by atoms with E-state index in [4.69, 9.17) is 4.52 Å². The minimum absolute atomic E-state index is 0.616. The third-order valence-electron chi connectivity index (χ3n) is 3.70.